The second kappa shape index (κ2) is 10.9. The third kappa shape index (κ3) is 6.61. The van der Waals surface area contributed by atoms with Gasteiger partial charge in [-0.1, -0.05) is 51.7 Å². The van der Waals surface area contributed by atoms with Crippen molar-refractivity contribution in [1.82, 2.24) is 0 Å². The fraction of sp³-hybridized carbons (Fsp3) is 0.864. The molecule has 0 radical (unpaired) electrons. The highest BCUT2D eigenvalue weighted by molar-refractivity contribution is 5.72. The zero-order valence-electron chi connectivity index (χ0n) is 16.0. The first kappa shape index (κ1) is 19.5. The van der Waals surface area contributed by atoms with Crippen molar-refractivity contribution in [2.75, 3.05) is 0 Å². The van der Waals surface area contributed by atoms with Gasteiger partial charge in [-0.3, -0.25) is 4.79 Å². The summed E-state index contributed by atoms with van der Waals surface area (Å²) in [5, 5.41) is 0. The Bertz CT molecular complexity index is 371. The van der Waals surface area contributed by atoms with Crippen LogP contribution in [0.5, 0.6) is 0 Å². The fourth-order valence-electron chi connectivity index (χ4n) is 4.29. The van der Waals surface area contributed by atoms with Gasteiger partial charge < -0.3 is 4.74 Å². The molecule has 2 nitrogen and oxygen atoms in total. The number of ether oxygens (including phenoxy) is 1. The first-order valence-corrected chi connectivity index (χ1v) is 10.6. The van der Waals surface area contributed by atoms with Crippen molar-refractivity contribution in [3.05, 3.63) is 12.2 Å². The summed E-state index contributed by atoms with van der Waals surface area (Å²) < 4.78 is 5.86. The minimum absolute atomic E-state index is 0.105. The second-order valence-electron chi connectivity index (χ2n) is 8.05. The number of hydrogen-bond acceptors (Lipinski definition) is 2. The molecule has 0 aliphatic heterocycles. The molecule has 0 aromatic rings. The van der Waals surface area contributed by atoms with Crippen LogP contribution in [0.3, 0.4) is 0 Å². The lowest BCUT2D eigenvalue weighted by atomic mass is 9.80. The normalized spacial score (nSPS) is 31.2. The van der Waals surface area contributed by atoms with E-state index >= 15 is 0 Å². The highest BCUT2D eigenvalue weighted by Crippen LogP contribution is 2.34. The van der Waals surface area contributed by atoms with Gasteiger partial charge in [0.25, 0.3) is 0 Å². The van der Waals surface area contributed by atoms with Crippen molar-refractivity contribution in [1.29, 1.82) is 0 Å². The van der Waals surface area contributed by atoms with E-state index in [4.69, 9.17) is 4.74 Å². The van der Waals surface area contributed by atoms with Crippen molar-refractivity contribution < 1.29 is 9.53 Å². The first-order valence-electron chi connectivity index (χ1n) is 10.6. The van der Waals surface area contributed by atoms with Gasteiger partial charge in [-0.15, -0.1) is 0 Å². The maximum absolute atomic E-state index is 12.4. The third-order valence-corrected chi connectivity index (χ3v) is 6.01. The molecule has 0 saturated heterocycles. The molecule has 0 N–H and O–H groups in total. The van der Waals surface area contributed by atoms with E-state index in [1.54, 1.807) is 0 Å². The summed E-state index contributed by atoms with van der Waals surface area (Å²) >= 11 is 0. The smallest absolute Gasteiger partial charge is 0.309 e. The summed E-state index contributed by atoms with van der Waals surface area (Å²) in [4.78, 5) is 12.4. The molecule has 0 atom stereocenters. The number of esters is 1. The van der Waals surface area contributed by atoms with Gasteiger partial charge in [0.1, 0.15) is 6.10 Å². The molecule has 2 heteroatoms. The number of allylic oxidation sites excluding steroid dienone is 2. The topological polar surface area (TPSA) is 26.3 Å². The Hall–Kier alpha value is -0.790. The van der Waals surface area contributed by atoms with Crippen LogP contribution in [-0.4, -0.2) is 12.1 Å². The van der Waals surface area contributed by atoms with E-state index in [2.05, 4.69) is 26.0 Å². The van der Waals surface area contributed by atoms with E-state index in [1.807, 2.05) is 0 Å². The van der Waals surface area contributed by atoms with Crippen LogP contribution >= 0.6 is 0 Å². The van der Waals surface area contributed by atoms with Crippen LogP contribution in [0.2, 0.25) is 0 Å². The average molecular weight is 335 g/mol. The molecule has 0 aromatic heterocycles. The average Bonchev–Trinajstić information content (AvgIpc) is 2.62. The van der Waals surface area contributed by atoms with E-state index in [0.29, 0.717) is 5.92 Å². The largest absolute Gasteiger partial charge is 0.462 e. The number of hydrogen-bond donors (Lipinski definition) is 0. The molecule has 138 valence electrons. The molecular weight excluding hydrogens is 296 g/mol. The number of carbonyl (C=O) groups excluding carboxylic acids is 1. The molecular formula is C22H38O2. The maximum atomic E-state index is 12.4. The lowest BCUT2D eigenvalue weighted by molar-refractivity contribution is -0.157. The minimum Gasteiger partial charge on any atom is -0.462 e. The molecule has 0 aromatic carbocycles. The molecule has 0 unspecified atom stereocenters. The zero-order valence-corrected chi connectivity index (χ0v) is 16.0. The Kier molecular flexibility index (Phi) is 8.91. The molecule has 0 amide bonds. The molecule has 0 heterocycles. The Morgan fingerprint density at radius 1 is 0.958 bits per heavy atom. The highest BCUT2D eigenvalue weighted by atomic mass is 16.5. The SMILES string of the molecule is CCCC=CC1CCC(OC(=O)C2CCC(CCCC)CC2)CC1. The van der Waals surface area contributed by atoms with Gasteiger partial charge in [0.15, 0.2) is 0 Å². The van der Waals surface area contributed by atoms with E-state index in [0.717, 1.165) is 31.6 Å². The van der Waals surface area contributed by atoms with E-state index in [-0.39, 0.29) is 18.0 Å². The summed E-state index contributed by atoms with van der Waals surface area (Å²) in [6.45, 7) is 4.48. The van der Waals surface area contributed by atoms with Gasteiger partial charge in [0, 0.05) is 0 Å². The third-order valence-electron chi connectivity index (χ3n) is 6.01. The molecule has 0 bridgehead atoms. The van der Waals surface area contributed by atoms with Crippen molar-refractivity contribution >= 4 is 5.97 Å². The van der Waals surface area contributed by atoms with Crippen LogP contribution in [-0.2, 0) is 9.53 Å². The lowest BCUT2D eigenvalue weighted by Crippen LogP contribution is -2.29. The Morgan fingerprint density at radius 3 is 2.29 bits per heavy atom. The maximum Gasteiger partial charge on any atom is 0.309 e. The van der Waals surface area contributed by atoms with E-state index < -0.39 is 0 Å². The van der Waals surface area contributed by atoms with Gasteiger partial charge >= 0.3 is 5.97 Å². The fourth-order valence-corrected chi connectivity index (χ4v) is 4.29. The summed E-state index contributed by atoms with van der Waals surface area (Å²) in [6, 6.07) is 0. The number of carbonyl (C=O) groups is 1. The van der Waals surface area contributed by atoms with Gasteiger partial charge in [-0.2, -0.15) is 0 Å². The van der Waals surface area contributed by atoms with Crippen LogP contribution in [0, 0.1) is 17.8 Å². The van der Waals surface area contributed by atoms with Crippen molar-refractivity contribution in [3.8, 4) is 0 Å². The van der Waals surface area contributed by atoms with Crippen molar-refractivity contribution in [3.63, 3.8) is 0 Å². The van der Waals surface area contributed by atoms with Crippen LogP contribution in [0.25, 0.3) is 0 Å². The van der Waals surface area contributed by atoms with Gasteiger partial charge in [0.05, 0.1) is 5.92 Å². The van der Waals surface area contributed by atoms with E-state index in [9.17, 15) is 4.79 Å². The van der Waals surface area contributed by atoms with Gasteiger partial charge in [-0.25, -0.2) is 0 Å². The van der Waals surface area contributed by atoms with Gasteiger partial charge in [0.2, 0.25) is 0 Å². The van der Waals surface area contributed by atoms with Crippen LogP contribution in [0.15, 0.2) is 12.2 Å². The van der Waals surface area contributed by atoms with Crippen LogP contribution < -0.4 is 0 Å². The van der Waals surface area contributed by atoms with Crippen molar-refractivity contribution in [2.24, 2.45) is 17.8 Å². The molecule has 2 saturated carbocycles. The molecule has 0 spiro atoms. The Labute approximate surface area is 149 Å². The summed E-state index contributed by atoms with van der Waals surface area (Å²) in [6.07, 6.45) is 20.4. The Balaban J connectivity index is 1.63. The number of rotatable bonds is 8. The molecule has 2 aliphatic rings. The summed E-state index contributed by atoms with van der Waals surface area (Å²) in [7, 11) is 0. The summed E-state index contributed by atoms with van der Waals surface area (Å²) in [5.41, 5.74) is 0. The number of unbranched alkanes of at least 4 members (excludes halogenated alkanes) is 2. The lowest BCUT2D eigenvalue weighted by Gasteiger charge is -2.31. The molecule has 2 fully saturated rings. The van der Waals surface area contributed by atoms with Crippen LogP contribution in [0.4, 0.5) is 0 Å². The quantitative estimate of drug-likeness (QED) is 0.377. The molecule has 2 rings (SSSR count). The Morgan fingerprint density at radius 2 is 1.67 bits per heavy atom. The predicted molar refractivity (Wildman–Crippen MR) is 101 cm³/mol. The van der Waals surface area contributed by atoms with Crippen molar-refractivity contribution in [2.45, 2.75) is 103 Å². The highest BCUT2D eigenvalue weighted by Gasteiger charge is 2.30. The van der Waals surface area contributed by atoms with E-state index in [1.165, 1.54) is 57.8 Å². The minimum atomic E-state index is 0.105. The monoisotopic (exact) mass is 334 g/mol. The zero-order chi connectivity index (χ0) is 17.2. The predicted octanol–water partition coefficient (Wildman–Crippen LogP) is 6.44. The van der Waals surface area contributed by atoms with Gasteiger partial charge in [-0.05, 0) is 69.6 Å². The molecule has 24 heavy (non-hydrogen) atoms. The molecule has 2 aliphatic carbocycles. The summed E-state index contributed by atoms with van der Waals surface area (Å²) in [5.74, 6) is 1.86. The second-order valence-corrected chi connectivity index (χ2v) is 8.05. The van der Waals surface area contributed by atoms with Crippen LogP contribution in [0.1, 0.15) is 97.3 Å². The first-order chi connectivity index (χ1) is 11.7. The standard InChI is InChI=1S/C22H38O2/c1-3-5-7-9-19-12-16-21(17-13-19)24-22(23)20-14-10-18(11-15-20)8-6-4-2/h7,9,18-21H,3-6,8,10-17H2,1-2H3.